The van der Waals surface area contributed by atoms with E-state index in [2.05, 4.69) is 25.3 Å². The van der Waals surface area contributed by atoms with Crippen molar-refractivity contribution in [2.24, 2.45) is 5.92 Å². The summed E-state index contributed by atoms with van der Waals surface area (Å²) < 4.78 is 5.44. The van der Waals surface area contributed by atoms with Crippen LogP contribution in [0.3, 0.4) is 0 Å². The Morgan fingerprint density at radius 3 is 2.90 bits per heavy atom. The molecule has 0 saturated carbocycles. The number of aryl methyl sites for hydroxylation is 1. The number of amides is 1. The molecule has 7 heteroatoms. The first kappa shape index (κ1) is 19.3. The van der Waals surface area contributed by atoms with Crippen molar-refractivity contribution in [1.82, 2.24) is 25.3 Å². The monoisotopic (exact) mass is 391 g/mol. The predicted molar refractivity (Wildman–Crippen MR) is 109 cm³/mol. The molecule has 150 valence electrons. The summed E-state index contributed by atoms with van der Waals surface area (Å²) in [6.07, 6.45) is 3.60. The van der Waals surface area contributed by atoms with Gasteiger partial charge >= 0.3 is 0 Å². The summed E-state index contributed by atoms with van der Waals surface area (Å²) in [5.41, 5.74) is 3.00. The summed E-state index contributed by atoms with van der Waals surface area (Å²) in [6.45, 7) is 4.68. The van der Waals surface area contributed by atoms with Gasteiger partial charge in [-0.05, 0) is 38.4 Å². The van der Waals surface area contributed by atoms with E-state index in [-0.39, 0.29) is 11.8 Å². The van der Waals surface area contributed by atoms with Gasteiger partial charge in [0.2, 0.25) is 17.6 Å². The summed E-state index contributed by atoms with van der Waals surface area (Å²) in [5.74, 6) is 1.22. The quantitative estimate of drug-likeness (QED) is 0.695. The Labute approximate surface area is 170 Å². The Balaban J connectivity index is 1.32. The summed E-state index contributed by atoms with van der Waals surface area (Å²) in [7, 11) is 0. The number of hydrogen-bond donors (Lipinski definition) is 1. The highest BCUT2D eigenvalue weighted by molar-refractivity contribution is 5.78. The van der Waals surface area contributed by atoms with Crippen LogP contribution in [0.15, 0.2) is 53.2 Å². The van der Waals surface area contributed by atoms with Crippen molar-refractivity contribution in [2.75, 3.05) is 13.1 Å². The molecule has 0 aliphatic carbocycles. The van der Waals surface area contributed by atoms with Crippen LogP contribution in [-0.4, -0.2) is 39.0 Å². The Bertz CT molecular complexity index is 939. The highest BCUT2D eigenvalue weighted by Crippen LogP contribution is 2.20. The second-order valence-corrected chi connectivity index (χ2v) is 7.49. The van der Waals surface area contributed by atoms with Gasteiger partial charge in [0.15, 0.2) is 0 Å². The van der Waals surface area contributed by atoms with E-state index in [1.807, 2.05) is 49.4 Å². The molecule has 7 nitrogen and oxygen atoms in total. The lowest BCUT2D eigenvalue weighted by molar-refractivity contribution is -0.127. The van der Waals surface area contributed by atoms with Crippen LogP contribution < -0.4 is 5.32 Å². The molecule has 1 aliphatic heterocycles. The summed E-state index contributed by atoms with van der Waals surface area (Å²) in [6, 6.07) is 13.8. The molecule has 0 bridgehead atoms. The summed E-state index contributed by atoms with van der Waals surface area (Å²) in [5, 5.41) is 7.10. The highest BCUT2D eigenvalue weighted by Gasteiger charge is 2.26. The topological polar surface area (TPSA) is 84.2 Å². The second-order valence-electron chi connectivity index (χ2n) is 7.49. The number of benzene rings is 1. The fourth-order valence-corrected chi connectivity index (χ4v) is 3.57. The molecule has 1 saturated heterocycles. The van der Waals surface area contributed by atoms with Gasteiger partial charge in [0, 0.05) is 18.3 Å². The minimum atomic E-state index is -0.0352. The molecule has 1 amide bonds. The number of hydrogen-bond acceptors (Lipinski definition) is 6. The fraction of sp³-hybridized carbons (Fsp3) is 0.364. The number of rotatable bonds is 6. The SMILES string of the molecule is Cc1ccc(-c2noc(CN3CCCC(C(=O)NCc4ccccn4)C3)n2)cc1. The summed E-state index contributed by atoms with van der Waals surface area (Å²) >= 11 is 0. The van der Waals surface area contributed by atoms with E-state index in [1.165, 1.54) is 5.56 Å². The molecule has 3 aromatic rings. The molecule has 29 heavy (non-hydrogen) atoms. The van der Waals surface area contributed by atoms with Crippen LogP contribution >= 0.6 is 0 Å². The lowest BCUT2D eigenvalue weighted by Gasteiger charge is -2.30. The van der Waals surface area contributed by atoms with E-state index in [0.29, 0.717) is 31.3 Å². The molecule has 1 atom stereocenters. The number of nitrogens with zero attached hydrogens (tertiary/aromatic N) is 4. The number of carbonyl (C=O) groups excluding carboxylic acids is 1. The van der Waals surface area contributed by atoms with Gasteiger partial charge in [-0.15, -0.1) is 0 Å². The largest absolute Gasteiger partial charge is 0.350 e. The standard InChI is InChI=1S/C22H25N5O2/c1-16-7-9-17(10-8-16)21-25-20(29-26-21)15-27-12-4-5-18(14-27)22(28)24-13-19-6-2-3-11-23-19/h2-3,6-11,18H,4-5,12-15H2,1H3,(H,24,28). The van der Waals surface area contributed by atoms with E-state index in [1.54, 1.807) is 6.20 Å². The van der Waals surface area contributed by atoms with Crippen molar-refractivity contribution in [3.8, 4) is 11.4 Å². The minimum Gasteiger partial charge on any atom is -0.350 e. The minimum absolute atomic E-state index is 0.0352. The number of carbonyl (C=O) groups is 1. The smallest absolute Gasteiger partial charge is 0.241 e. The zero-order valence-electron chi connectivity index (χ0n) is 16.5. The average molecular weight is 391 g/mol. The summed E-state index contributed by atoms with van der Waals surface area (Å²) in [4.78, 5) is 23.5. The predicted octanol–water partition coefficient (Wildman–Crippen LogP) is 2.97. The number of nitrogens with one attached hydrogen (secondary N) is 1. The third kappa shape index (κ3) is 5.06. The Kier molecular flexibility index (Phi) is 5.95. The third-order valence-corrected chi connectivity index (χ3v) is 5.18. The maximum atomic E-state index is 12.6. The van der Waals surface area contributed by atoms with Crippen LogP contribution in [0.5, 0.6) is 0 Å². The van der Waals surface area contributed by atoms with Gasteiger partial charge < -0.3 is 9.84 Å². The average Bonchev–Trinajstić information content (AvgIpc) is 3.22. The molecule has 1 N–H and O–H groups in total. The second kappa shape index (κ2) is 8.96. The molecule has 1 fully saturated rings. The first-order valence-electron chi connectivity index (χ1n) is 9.97. The van der Waals surface area contributed by atoms with Crippen molar-refractivity contribution in [3.05, 3.63) is 65.8 Å². The van der Waals surface area contributed by atoms with Gasteiger partial charge in [0.1, 0.15) is 0 Å². The normalized spacial score (nSPS) is 17.2. The van der Waals surface area contributed by atoms with Crippen molar-refractivity contribution >= 4 is 5.91 Å². The van der Waals surface area contributed by atoms with Crippen LogP contribution in [0.1, 0.15) is 30.0 Å². The maximum Gasteiger partial charge on any atom is 0.241 e. The van der Waals surface area contributed by atoms with Gasteiger partial charge in [0.25, 0.3) is 0 Å². The maximum absolute atomic E-state index is 12.6. The van der Waals surface area contributed by atoms with E-state index in [4.69, 9.17) is 4.52 Å². The molecule has 1 aromatic carbocycles. The lowest BCUT2D eigenvalue weighted by atomic mass is 9.97. The van der Waals surface area contributed by atoms with Crippen LogP contribution in [0.4, 0.5) is 0 Å². The van der Waals surface area contributed by atoms with E-state index in [9.17, 15) is 4.79 Å². The number of likely N-dealkylation sites (tertiary alicyclic amines) is 1. The molecular weight excluding hydrogens is 366 g/mol. The number of pyridine rings is 1. The van der Waals surface area contributed by atoms with E-state index >= 15 is 0 Å². The highest BCUT2D eigenvalue weighted by atomic mass is 16.5. The molecule has 3 heterocycles. The molecule has 1 aliphatic rings. The van der Waals surface area contributed by atoms with Crippen molar-refractivity contribution in [3.63, 3.8) is 0 Å². The van der Waals surface area contributed by atoms with Crippen molar-refractivity contribution in [2.45, 2.75) is 32.9 Å². The van der Waals surface area contributed by atoms with E-state index in [0.717, 1.165) is 30.6 Å². The molecule has 1 unspecified atom stereocenters. The molecule has 0 radical (unpaired) electrons. The van der Waals surface area contributed by atoms with Crippen LogP contribution in [-0.2, 0) is 17.9 Å². The fourth-order valence-electron chi connectivity index (χ4n) is 3.57. The molecule has 0 spiro atoms. The van der Waals surface area contributed by atoms with Crippen LogP contribution in [0.2, 0.25) is 0 Å². The Hall–Kier alpha value is -3.06. The van der Waals surface area contributed by atoms with Crippen LogP contribution in [0, 0.1) is 12.8 Å². The number of piperidine rings is 1. The third-order valence-electron chi connectivity index (χ3n) is 5.18. The van der Waals surface area contributed by atoms with Gasteiger partial charge in [-0.25, -0.2) is 0 Å². The zero-order chi connectivity index (χ0) is 20.1. The van der Waals surface area contributed by atoms with Crippen molar-refractivity contribution in [1.29, 1.82) is 0 Å². The van der Waals surface area contributed by atoms with Gasteiger partial charge in [-0.3, -0.25) is 14.7 Å². The molecular formula is C22H25N5O2. The number of aromatic nitrogens is 3. The van der Waals surface area contributed by atoms with Crippen LogP contribution in [0.25, 0.3) is 11.4 Å². The Morgan fingerprint density at radius 1 is 1.24 bits per heavy atom. The van der Waals surface area contributed by atoms with Gasteiger partial charge in [-0.2, -0.15) is 4.98 Å². The van der Waals surface area contributed by atoms with E-state index < -0.39 is 0 Å². The zero-order valence-corrected chi connectivity index (χ0v) is 16.5. The van der Waals surface area contributed by atoms with Crippen molar-refractivity contribution < 1.29 is 9.32 Å². The van der Waals surface area contributed by atoms with Gasteiger partial charge in [0.05, 0.1) is 24.7 Å². The Morgan fingerprint density at radius 2 is 2.10 bits per heavy atom. The lowest BCUT2D eigenvalue weighted by Crippen LogP contribution is -2.42. The first-order chi connectivity index (χ1) is 14.2. The van der Waals surface area contributed by atoms with Gasteiger partial charge in [-0.1, -0.05) is 41.1 Å². The molecule has 2 aromatic heterocycles. The molecule has 4 rings (SSSR count). The first-order valence-corrected chi connectivity index (χ1v) is 9.97.